The van der Waals surface area contributed by atoms with Crippen LogP contribution in [0.5, 0.6) is 0 Å². The molecule has 1 rings (SSSR count). The van der Waals surface area contributed by atoms with E-state index in [0.717, 1.165) is 5.56 Å². The molecule has 3 heteroatoms. The number of rotatable bonds is 5. The van der Waals surface area contributed by atoms with E-state index in [2.05, 4.69) is 0 Å². The number of carbonyl (C=O) groups is 1. The van der Waals surface area contributed by atoms with Crippen LogP contribution in [0, 0.1) is 6.92 Å². The average molecular weight is 234 g/mol. The van der Waals surface area contributed by atoms with Crippen molar-refractivity contribution in [1.29, 1.82) is 0 Å². The van der Waals surface area contributed by atoms with E-state index in [1.807, 2.05) is 38.1 Å². The van der Waals surface area contributed by atoms with Crippen LogP contribution in [0.15, 0.2) is 30.0 Å². The van der Waals surface area contributed by atoms with Crippen LogP contribution in [0.2, 0.25) is 0 Å². The highest BCUT2D eigenvalue weighted by molar-refractivity contribution is 5.91. The number of hydrogen-bond acceptors (Lipinski definition) is 3. The van der Waals surface area contributed by atoms with Crippen molar-refractivity contribution < 1.29 is 14.3 Å². The minimum atomic E-state index is -0.421. The lowest BCUT2D eigenvalue weighted by atomic mass is 10.1. The van der Waals surface area contributed by atoms with Crippen molar-refractivity contribution >= 4 is 12.0 Å². The van der Waals surface area contributed by atoms with E-state index in [-0.39, 0.29) is 5.76 Å². The van der Waals surface area contributed by atoms with Crippen molar-refractivity contribution in [3.63, 3.8) is 0 Å². The maximum atomic E-state index is 11.6. The summed E-state index contributed by atoms with van der Waals surface area (Å²) in [6, 6.07) is 7.85. The first kappa shape index (κ1) is 13.3. The van der Waals surface area contributed by atoms with Crippen LogP contribution in [0.25, 0.3) is 6.08 Å². The van der Waals surface area contributed by atoms with Crippen LogP contribution in [0.1, 0.15) is 25.0 Å². The van der Waals surface area contributed by atoms with Crippen molar-refractivity contribution in [2.75, 3.05) is 13.2 Å². The fourth-order valence-electron chi connectivity index (χ4n) is 1.33. The molecule has 0 unspecified atom stereocenters. The van der Waals surface area contributed by atoms with Gasteiger partial charge in [0.1, 0.15) is 0 Å². The normalized spacial score (nSPS) is 11.1. The van der Waals surface area contributed by atoms with E-state index in [0.29, 0.717) is 13.2 Å². The Morgan fingerprint density at radius 1 is 1.12 bits per heavy atom. The highest BCUT2D eigenvalue weighted by Crippen LogP contribution is 2.11. The molecule has 0 aromatic heterocycles. The zero-order chi connectivity index (χ0) is 12.7. The van der Waals surface area contributed by atoms with E-state index >= 15 is 0 Å². The Morgan fingerprint density at radius 3 is 2.24 bits per heavy atom. The Labute approximate surface area is 102 Å². The molecule has 0 saturated heterocycles. The summed E-state index contributed by atoms with van der Waals surface area (Å²) in [5, 5.41) is 0. The van der Waals surface area contributed by atoms with E-state index in [1.165, 1.54) is 5.56 Å². The molecular formula is C14H18O3. The standard InChI is InChI=1S/C14H18O3/c1-4-16-13(14(15)17-5-2)10-12-8-6-11(3)7-9-12/h6-10H,4-5H2,1-3H3. The summed E-state index contributed by atoms with van der Waals surface area (Å²) >= 11 is 0. The van der Waals surface area contributed by atoms with E-state index in [9.17, 15) is 4.79 Å². The fourth-order valence-corrected chi connectivity index (χ4v) is 1.33. The van der Waals surface area contributed by atoms with E-state index in [1.54, 1.807) is 13.0 Å². The fraction of sp³-hybridized carbons (Fsp3) is 0.357. The lowest BCUT2D eigenvalue weighted by Crippen LogP contribution is -2.10. The van der Waals surface area contributed by atoms with Crippen molar-refractivity contribution in [3.05, 3.63) is 41.2 Å². The summed E-state index contributed by atoms with van der Waals surface area (Å²) in [6.45, 7) is 6.41. The van der Waals surface area contributed by atoms with Gasteiger partial charge in [-0.05, 0) is 32.4 Å². The Balaban J connectivity index is 2.89. The molecule has 0 amide bonds. The van der Waals surface area contributed by atoms with Gasteiger partial charge >= 0.3 is 5.97 Å². The summed E-state index contributed by atoms with van der Waals surface area (Å²) in [5.41, 5.74) is 2.10. The topological polar surface area (TPSA) is 35.5 Å². The van der Waals surface area contributed by atoms with E-state index in [4.69, 9.17) is 9.47 Å². The smallest absolute Gasteiger partial charge is 0.373 e. The molecule has 1 aromatic carbocycles. The van der Waals surface area contributed by atoms with Gasteiger partial charge in [0.05, 0.1) is 13.2 Å². The molecular weight excluding hydrogens is 216 g/mol. The van der Waals surface area contributed by atoms with Crippen molar-refractivity contribution in [2.45, 2.75) is 20.8 Å². The molecule has 1 aromatic rings. The van der Waals surface area contributed by atoms with Crippen LogP contribution in [-0.4, -0.2) is 19.2 Å². The van der Waals surface area contributed by atoms with Gasteiger partial charge in [-0.1, -0.05) is 29.8 Å². The van der Waals surface area contributed by atoms with Gasteiger partial charge in [-0.3, -0.25) is 0 Å². The zero-order valence-corrected chi connectivity index (χ0v) is 10.5. The van der Waals surface area contributed by atoms with Crippen molar-refractivity contribution in [3.8, 4) is 0 Å². The number of hydrogen-bond donors (Lipinski definition) is 0. The van der Waals surface area contributed by atoms with Gasteiger partial charge in [0.25, 0.3) is 0 Å². The van der Waals surface area contributed by atoms with E-state index < -0.39 is 5.97 Å². The molecule has 0 heterocycles. The van der Waals surface area contributed by atoms with Crippen molar-refractivity contribution in [2.24, 2.45) is 0 Å². The maximum Gasteiger partial charge on any atom is 0.373 e. The molecule has 0 saturated carbocycles. The highest BCUT2D eigenvalue weighted by Gasteiger charge is 2.11. The molecule has 0 atom stereocenters. The van der Waals surface area contributed by atoms with Gasteiger partial charge in [0.15, 0.2) is 0 Å². The van der Waals surface area contributed by atoms with Crippen molar-refractivity contribution in [1.82, 2.24) is 0 Å². The average Bonchev–Trinajstić information content (AvgIpc) is 2.31. The van der Waals surface area contributed by atoms with Gasteiger partial charge in [0.2, 0.25) is 5.76 Å². The molecule has 0 radical (unpaired) electrons. The Kier molecular flexibility index (Phi) is 5.27. The monoisotopic (exact) mass is 234 g/mol. The quantitative estimate of drug-likeness (QED) is 0.446. The molecule has 3 nitrogen and oxygen atoms in total. The third-order valence-corrected chi connectivity index (χ3v) is 2.15. The number of ether oxygens (including phenoxy) is 2. The van der Waals surface area contributed by atoms with Gasteiger partial charge < -0.3 is 9.47 Å². The first-order valence-corrected chi connectivity index (χ1v) is 5.75. The summed E-state index contributed by atoms with van der Waals surface area (Å²) in [4.78, 5) is 11.6. The first-order chi connectivity index (χ1) is 8.17. The lowest BCUT2D eigenvalue weighted by molar-refractivity contribution is -0.142. The molecule has 0 aliphatic rings. The summed E-state index contributed by atoms with van der Waals surface area (Å²) in [6.07, 6.45) is 1.70. The minimum Gasteiger partial charge on any atom is -0.487 e. The van der Waals surface area contributed by atoms with Crippen LogP contribution in [0.3, 0.4) is 0 Å². The Bertz CT molecular complexity index is 390. The second-order valence-corrected chi connectivity index (χ2v) is 3.57. The molecule has 0 bridgehead atoms. The van der Waals surface area contributed by atoms with Gasteiger partial charge in [-0.25, -0.2) is 4.79 Å². The SMILES string of the molecule is CCOC(=O)C(=Cc1ccc(C)cc1)OCC. The second-order valence-electron chi connectivity index (χ2n) is 3.57. The highest BCUT2D eigenvalue weighted by atomic mass is 16.6. The predicted molar refractivity (Wildman–Crippen MR) is 67.4 cm³/mol. The molecule has 0 aliphatic heterocycles. The molecule has 17 heavy (non-hydrogen) atoms. The first-order valence-electron chi connectivity index (χ1n) is 5.75. The third-order valence-electron chi connectivity index (χ3n) is 2.15. The number of esters is 1. The molecule has 0 spiro atoms. The summed E-state index contributed by atoms with van der Waals surface area (Å²) < 4.78 is 10.2. The lowest BCUT2D eigenvalue weighted by Gasteiger charge is -2.07. The molecule has 92 valence electrons. The van der Waals surface area contributed by atoms with Crippen LogP contribution < -0.4 is 0 Å². The Morgan fingerprint density at radius 2 is 1.71 bits per heavy atom. The number of aryl methyl sites for hydroxylation is 1. The predicted octanol–water partition coefficient (Wildman–Crippen LogP) is 2.94. The third kappa shape index (κ3) is 4.31. The molecule has 0 fully saturated rings. The van der Waals surface area contributed by atoms with Gasteiger partial charge in [-0.15, -0.1) is 0 Å². The zero-order valence-electron chi connectivity index (χ0n) is 10.5. The Hall–Kier alpha value is -1.77. The second kappa shape index (κ2) is 6.74. The van der Waals surface area contributed by atoms with Crippen LogP contribution in [-0.2, 0) is 14.3 Å². The van der Waals surface area contributed by atoms with Crippen LogP contribution >= 0.6 is 0 Å². The number of benzene rings is 1. The number of carbonyl (C=O) groups excluding carboxylic acids is 1. The van der Waals surface area contributed by atoms with Gasteiger partial charge in [-0.2, -0.15) is 0 Å². The maximum absolute atomic E-state index is 11.6. The molecule has 0 N–H and O–H groups in total. The summed E-state index contributed by atoms with van der Waals surface area (Å²) in [5.74, 6) is -0.173. The van der Waals surface area contributed by atoms with Gasteiger partial charge in [0, 0.05) is 0 Å². The molecule has 0 aliphatic carbocycles. The van der Waals surface area contributed by atoms with Crippen LogP contribution in [0.4, 0.5) is 0 Å². The summed E-state index contributed by atoms with van der Waals surface area (Å²) in [7, 11) is 0. The largest absolute Gasteiger partial charge is 0.487 e. The minimum absolute atomic E-state index is 0.248.